The van der Waals surface area contributed by atoms with Crippen molar-refractivity contribution in [3.8, 4) is 0 Å². The van der Waals surface area contributed by atoms with Gasteiger partial charge in [-0.3, -0.25) is 14.4 Å². The molecular formula is C13H21N3O2. The number of rotatable bonds is 4. The van der Waals surface area contributed by atoms with Gasteiger partial charge in [0.2, 0.25) is 0 Å². The van der Waals surface area contributed by atoms with Crippen molar-refractivity contribution in [3.63, 3.8) is 0 Å². The Balaban J connectivity index is 2.05. The second-order valence-electron chi connectivity index (χ2n) is 5.42. The summed E-state index contributed by atoms with van der Waals surface area (Å²) in [5.41, 5.74) is 1.60. The van der Waals surface area contributed by atoms with Gasteiger partial charge in [-0.05, 0) is 39.8 Å². The molecule has 0 radical (unpaired) electrons. The Bertz CT molecular complexity index is 455. The van der Waals surface area contributed by atoms with E-state index in [0.717, 1.165) is 31.7 Å². The molecule has 0 spiro atoms. The van der Waals surface area contributed by atoms with Crippen LogP contribution in [0.3, 0.4) is 0 Å². The summed E-state index contributed by atoms with van der Waals surface area (Å²) in [7, 11) is 0. The number of carboxylic acids is 1. The number of aromatic nitrogens is 2. The number of nitrogens with zero attached hydrogens (tertiary/aromatic N) is 3. The van der Waals surface area contributed by atoms with Crippen molar-refractivity contribution < 1.29 is 9.90 Å². The van der Waals surface area contributed by atoms with E-state index < -0.39 is 11.4 Å². The van der Waals surface area contributed by atoms with Gasteiger partial charge in [0.05, 0.1) is 16.8 Å². The number of carbonyl (C=O) groups is 1. The number of aryl methyl sites for hydroxylation is 2. The summed E-state index contributed by atoms with van der Waals surface area (Å²) in [4.78, 5) is 13.4. The van der Waals surface area contributed by atoms with Crippen LogP contribution >= 0.6 is 0 Å². The lowest BCUT2D eigenvalue weighted by atomic mass is 9.90. The summed E-state index contributed by atoms with van der Waals surface area (Å²) in [6.45, 7) is 9.00. The molecule has 1 saturated heterocycles. The molecule has 0 aliphatic carbocycles. The van der Waals surface area contributed by atoms with Crippen LogP contribution in [-0.4, -0.2) is 38.8 Å². The quantitative estimate of drug-likeness (QED) is 0.881. The van der Waals surface area contributed by atoms with Crippen molar-refractivity contribution in [2.75, 3.05) is 13.1 Å². The fraction of sp³-hybridized carbons (Fsp3) is 0.692. The Labute approximate surface area is 107 Å². The summed E-state index contributed by atoms with van der Waals surface area (Å²) in [5.74, 6) is -0.690. The summed E-state index contributed by atoms with van der Waals surface area (Å²) < 4.78 is 1.99. The van der Waals surface area contributed by atoms with Crippen LogP contribution in [0.25, 0.3) is 0 Å². The molecule has 0 saturated carbocycles. The van der Waals surface area contributed by atoms with Crippen LogP contribution in [0, 0.1) is 12.3 Å². The van der Waals surface area contributed by atoms with Crippen molar-refractivity contribution in [3.05, 3.63) is 17.5 Å². The minimum atomic E-state index is -0.690. The van der Waals surface area contributed by atoms with Crippen LogP contribution in [0.4, 0.5) is 0 Å². The number of hydrogen-bond donors (Lipinski definition) is 1. The van der Waals surface area contributed by atoms with Crippen LogP contribution in [0.5, 0.6) is 0 Å². The smallest absolute Gasteiger partial charge is 0.310 e. The third-order valence-corrected chi connectivity index (χ3v) is 3.74. The van der Waals surface area contributed by atoms with Gasteiger partial charge in [0.25, 0.3) is 0 Å². The van der Waals surface area contributed by atoms with E-state index in [-0.39, 0.29) is 0 Å². The summed E-state index contributed by atoms with van der Waals surface area (Å²) in [6, 6.07) is 2.08. The third kappa shape index (κ3) is 2.41. The molecule has 1 fully saturated rings. The first-order valence-electron chi connectivity index (χ1n) is 6.43. The van der Waals surface area contributed by atoms with Crippen molar-refractivity contribution in [1.29, 1.82) is 0 Å². The van der Waals surface area contributed by atoms with Gasteiger partial charge in [0, 0.05) is 19.6 Å². The molecule has 5 heteroatoms. The fourth-order valence-corrected chi connectivity index (χ4v) is 2.60. The molecule has 1 aliphatic rings. The van der Waals surface area contributed by atoms with E-state index in [1.54, 1.807) is 0 Å². The van der Waals surface area contributed by atoms with Gasteiger partial charge in [-0.1, -0.05) is 0 Å². The summed E-state index contributed by atoms with van der Waals surface area (Å²) in [5, 5.41) is 13.6. The van der Waals surface area contributed by atoms with Gasteiger partial charge in [0.15, 0.2) is 0 Å². The number of hydrogen-bond acceptors (Lipinski definition) is 3. The maximum atomic E-state index is 11.2. The van der Waals surface area contributed by atoms with Crippen LogP contribution in [0.1, 0.15) is 31.7 Å². The van der Waals surface area contributed by atoms with Gasteiger partial charge in [-0.2, -0.15) is 5.10 Å². The van der Waals surface area contributed by atoms with Gasteiger partial charge < -0.3 is 5.11 Å². The van der Waals surface area contributed by atoms with Crippen molar-refractivity contribution in [2.24, 2.45) is 5.41 Å². The van der Waals surface area contributed by atoms with Crippen LogP contribution in [0.15, 0.2) is 6.07 Å². The largest absolute Gasteiger partial charge is 0.481 e. The maximum Gasteiger partial charge on any atom is 0.310 e. The van der Waals surface area contributed by atoms with E-state index >= 15 is 0 Å². The molecule has 2 rings (SSSR count). The molecule has 1 aliphatic heterocycles. The van der Waals surface area contributed by atoms with Gasteiger partial charge in [-0.25, -0.2) is 0 Å². The number of likely N-dealkylation sites (tertiary alicyclic amines) is 1. The third-order valence-electron chi connectivity index (χ3n) is 3.74. The Morgan fingerprint density at radius 2 is 2.33 bits per heavy atom. The highest BCUT2D eigenvalue weighted by atomic mass is 16.4. The highest BCUT2D eigenvalue weighted by Crippen LogP contribution is 2.31. The molecule has 1 aromatic rings. The normalized spacial score (nSPS) is 24.6. The molecule has 100 valence electrons. The topological polar surface area (TPSA) is 58.4 Å². The molecular weight excluding hydrogens is 230 g/mol. The first kappa shape index (κ1) is 13.1. The standard InChI is InChI=1S/C13H21N3O2/c1-4-16-11(7-10(2)14-16)8-15-6-5-13(3,9-15)12(17)18/h7H,4-6,8-9H2,1-3H3,(H,17,18). The zero-order valence-corrected chi connectivity index (χ0v) is 11.3. The van der Waals surface area contributed by atoms with Crippen molar-refractivity contribution >= 4 is 5.97 Å². The van der Waals surface area contributed by atoms with E-state index in [1.807, 2.05) is 18.5 Å². The van der Waals surface area contributed by atoms with Gasteiger partial charge >= 0.3 is 5.97 Å². The molecule has 1 atom stereocenters. The molecule has 1 N–H and O–H groups in total. The minimum Gasteiger partial charge on any atom is -0.481 e. The molecule has 0 amide bonds. The van der Waals surface area contributed by atoms with Crippen LogP contribution in [0.2, 0.25) is 0 Å². The second kappa shape index (κ2) is 4.72. The lowest BCUT2D eigenvalue weighted by Gasteiger charge is -2.20. The maximum absolute atomic E-state index is 11.2. The first-order valence-corrected chi connectivity index (χ1v) is 6.43. The highest BCUT2D eigenvalue weighted by molar-refractivity contribution is 5.74. The van der Waals surface area contributed by atoms with E-state index in [0.29, 0.717) is 6.54 Å². The average molecular weight is 251 g/mol. The average Bonchev–Trinajstić information content (AvgIpc) is 2.84. The molecule has 1 aromatic heterocycles. The zero-order valence-electron chi connectivity index (χ0n) is 11.3. The molecule has 0 bridgehead atoms. The Kier molecular flexibility index (Phi) is 3.43. The summed E-state index contributed by atoms with van der Waals surface area (Å²) >= 11 is 0. The molecule has 1 unspecified atom stereocenters. The SMILES string of the molecule is CCn1nc(C)cc1CN1CCC(C)(C(=O)O)C1. The van der Waals surface area contributed by atoms with E-state index in [1.165, 1.54) is 5.69 Å². The highest BCUT2D eigenvalue weighted by Gasteiger charge is 2.40. The Morgan fingerprint density at radius 3 is 2.89 bits per heavy atom. The van der Waals surface area contributed by atoms with Gasteiger partial charge in [0.1, 0.15) is 0 Å². The number of aliphatic carboxylic acids is 1. The molecule has 18 heavy (non-hydrogen) atoms. The molecule has 5 nitrogen and oxygen atoms in total. The first-order chi connectivity index (χ1) is 8.44. The van der Waals surface area contributed by atoms with E-state index in [9.17, 15) is 9.90 Å². The van der Waals surface area contributed by atoms with Gasteiger partial charge in [-0.15, -0.1) is 0 Å². The second-order valence-corrected chi connectivity index (χ2v) is 5.42. The van der Waals surface area contributed by atoms with E-state index in [2.05, 4.69) is 23.0 Å². The zero-order chi connectivity index (χ0) is 13.3. The van der Waals surface area contributed by atoms with Crippen LogP contribution in [-0.2, 0) is 17.9 Å². The lowest BCUT2D eigenvalue weighted by Crippen LogP contribution is -2.31. The predicted molar refractivity (Wildman–Crippen MR) is 68.3 cm³/mol. The Hall–Kier alpha value is -1.36. The minimum absolute atomic E-state index is 0.591. The molecule has 0 aromatic carbocycles. The fourth-order valence-electron chi connectivity index (χ4n) is 2.60. The summed E-state index contributed by atoms with van der Waals surface area (Å²) in [6.07, 6.45) is 0.724. The van der Waals surface area contributed by atoms with Crippen molar-refractivity contribution in [1.82, 2.24) is 14.7 Å². The monoisotopic (exact) mass is 251 g/mol. The Morgan fingerprint density at radius 1 is 1.61 bits per heavy atom. The van der Waals surface area contributed by atoms with Crippen molar-refractivity contribution in [2.45, 2.75) is 40.3 Å². The predicted octanol–water partition coefficient (Wildman–Crippen LogP) is 1.51. The molecule has 2 heterocycles. The number of carboxylic acid groups (broad SMARTS) is 1. The lowest BCUT2D eigenvalue weighted by molar-refractivity contribution is -0.147. The van der Waals surface area contributed by atoms with E-state index in [4.69, 9.17) is 0 Å². The van der Waals surface area contributed by atoms with Crippen LogP contribution < -0.4 is 0 Å².